The number of aryl methyl sites for hydroxylation is 1. The van der Waals surface area contributed by atoms with Crippen LogP contribution in [0, 0.1) is 12.8 Å². The van der Waals surface area contributed by atoms with E-state index in [0.29, 0.717) is 12.0 Å². The van der Waals surface area contributed by atoms with E-state index in [2.05, 4.69) is 61.3 Å². The molecule has 0 bridgehead atoms. The Morgan fingerprint density at radius 2 is 1.92 bits per heavy atom. The Hall–Kier alpha value is -1.80. The highest BCUT2D eigenvalue weighted by atomic mass is 16.5. The lowest BCUT2D eigenvalue weighted by molar-refractivity contribution is 0.258. The minimum atomic E-state index is 0.649. The van der Waals surface area contributed by atoms with Gasteiger partial charge in [0.05, 0.1) is 7.11 Å². The van der Waals surface area contributed by atoms with Gasteiger partial charge in [-0.15, -0.1) is 0 Å². The summed E-state index contributed by atoms with van der Waals surface area (Å²) in [5, 5.41) is 0. The maximum absolute atomic E-state index is 5.65. The molecule has 3 unspecified atom stereocenters. The van der Waals surface area contributed by atoms with Crippen molar-refractivity contribution in [3.05, 3.63) is 64.7 Å². The number of rotatable bonds is 3. The average Bonchev–Trinajstić information content (AvgIpc) is 2.92. The van der Waals surface area contributed by atoms with Gasteiger partial charge in [-0.1, -0.05) is 36.4 Å². The van der Waals surface area contributed by atoms with Gasteiger partial charge in [-0.2, -0.15) is 0 Å². The molecule has 1 heterocycles. The van der Waals surface area contributed by atoms with Gasteiger partial charge in [0.2, 0.25) is 0 Å². The lowest BCUT2D eigenvalue weighted by atomic mass is 9.72. The summed E-state index contributed by atoms with van der Waals surface area (Å²) in [6.45, 7) is 3.44. The first kappa shape index (κ1) is 15.7. The topological polar surface area (TPSA) is 12.5 Å². The zero-order chi connectivity index (χ0) is 16.7. The molecule has 2 heteroatoms. The van der Waals surface area contributed by atoms with Crippen LogP contribution < -0.4 is 4.74 Å². The predicted octanol–water partition coefficient (Wildman–Crippen LogP) is 4.21. The van der Waals surface area contributed by atoms with Crippen molar-refractivity contribution in [3.63, 3.8) is 0 Å². The van der Waals surface area contributed by atoms with Crippen LogP contribution in [-0.2, 0) is 12.8 Å². The van der Waals surface area contributed by atoms with Gasteiger partial charge in [0, 0.05) is 18.5 Å². The molecule has 0 radical (unpaired) electrons. The Morgan fingerprint density at radius 1 is 1.12 bits per heavy atom. The Labute approximate surface area is 145 Å². The van der Waals surface area contributed by atoms with E-state index in [9.17, 15) is 0 Å². The summed E-state index contributed by atoms with van der Waals surface area (Å²) < 4.78 is 5.65. The number of likely N-dealkylation sites (N-methyl/N-ethyl adjacent to an activating group) is 1. The van der Waals surface area contributed by atoms with Gasteiger partial charge < -0.3 is 9.64 Å². The van der Waals surface area contributed by atoms with Gasteiger partial charge in [-0.05, 0) is 67.5 Å². The van der Waals surface area contributed by atoms with Gasteiger partial charge in [-0.3, -0.25) is 0 Å². The smallest absolute Gasteiger partial charge is 0.122 e. The maximum atomic E-state index is 5.65. The molecule has 0 saturated carbocycles. The molecule has 2 aliphatic rings. The molecule has 1 aliphatic heterocycles. The number of likely N-dealkylation sites (tertiary alicyclic amines) is 1. The summed E-state index contributed by atoms with van der Waals surface area (Å²) >= 11 is 0. The van der Waals surface area contributed by atoms with Crippen molar-refractivity contribution in [2.45, 2.75) is 38.1 Å². The fraction of sp³-hybridized carbons (Fsp3) is 0.455. The lowest BCUT2D eigenvalue weighted by Crippen LogP contribution is -2.32. The Kier molecular flexibility index (Phi) is 4.09. The predicted molar refractivity (Wildman–Crippen MR) is 98.8 cm³/mol. The molecule has 1 fully saturated rings. The van der Waals surface area contributed by atoms with Gasteiger partial charge >= 0.3 is 0 Å². The standard InChI is InChI=1S/C22H27NO/c1-15-9-12-21(24-3)18-11-10-17-19(22(15)18)14-23(2)20(17)13-16-7-5-4-6-8-16/h4-9,12,17,19-20H,10-11,13-14H2,1-3H3. The van der Waals surface area contributed by atoms with E-state index in [-0.39, 0.29) is 0 Å². The molecule has 126 valence electrons. The van der Waals surface area contributed by atoms with Crippen LogP contribution in [0.25, 0.3) is 0 Å². The molecule has 0 aromatic heterocycles. The highest BCUT2D eigenvalue weighted by Gasteiger charge is 2.44. The van der Waals surface area contributed by atoms with E-state index in [1.165, 1.54) is 29.7 Å². The zero-order valence-corrected chi connectivity index (χ0v) is 15.0. The van der Waals surface area contributed by atoms with Crippen LogP contribution in [0.3, 0.4) is 0 Å². The SMILES string of the molecule is COc1ccc(C)c2c1CCC1C2CN(C)C1Cc1ccccc1. The number of hydrogen-bond donors (Lipinski definition) is 0. The molecule has 0 spiro atoms. The molecule has 1 aliphatic carbocycles. The van der Waals surface area contributed by atoms with Crippen LogP contribution >= 0.6 is 0 Å². The van der Waals surface area contributed by atoms with E-state index in [1.807, 2.05) is 0 Å². The van der Waals surface area contributed by atoms with E-state index in [1.54, 1.807) is 12.7 Å². The zero-order valence-electron chi connectivity index (χ0n) is 15.0. The summed E-state index contributed by atoms with van der Waals surface area (Å²) in [5.74, 6) is 2.50. The third-order valence-electron chi connectivity index (χ3n) is 6.20. The summed E-state index contributed by atoms with van der Waals surface area (Å²) in [6.07, 6.45) is 3.59. The van der Waals surface area contributed by atoms with Crippen molar-refractivity contribution in [2.24, 2.45) is 5.92 Å². The number of hydrogen-bond acceptors (Lipinski definition) is 2. The van der Waals surface area contributed by atoms with E-state index >= 15 is 0 Å². The largest absolute Gasteiger partial charge is 0.496 e. The van der Waals surface area contributed by atoms with E-state index in [0.717, 1.165) is 24.5 Å². The van der Waals surface area contributed by atoms with Crippen molar-refractivity contribution < 1.29 is 4.74 Å². The highest BCUT2D eigenvalue weighted by Crippen LogP contribution is 2.48. The molecule has 0 N–H and O–H groups in total. The highest BCUT2D eigenvalue weighted by molar-refractivity contribution is 5.49. The van der Waals surface area contributed by atoms with Crippen LogP contribution in [0.1, 0.15) is 34.6 Å². The molecule has 2 nitrogen and oxygen atoms in total. The van der Waals surface area contributed by atoms with Crippen molar-refractivity contribution in [1.29, 1.82) is 0 Å². The minimum Gasteiger partial charge on any atom is -0.496 e. The Bertz CT molecular complexity index is 724. The molecular weight excluding hydrogens is 294 g/mol. The summed E-state index contributed by atoms with van der Waals surface area (Å²) in [6, 6.07) is 16.0. The number of benzene rings is 2. The van der Waals surface area contributed by atoms with Crippen LogP contribution in [0.15, 0.2) is 42.5 Å². The molecule has 3 atom stereocenters. The summed E-state index contributed by atoms with van der Waals surface area (Å²) in [4.78, 5) is 2.59. The van der Waals surface area contributed by atoms with Crippen molar-refractivity contribution in [3.8, 4) is 5.75 Å². The molecular formula is C22H27NO. The first-order chi connectivity index (χ1) is 11.7. The fourth-order valence-corrected chi connectivity index (χ4v) is 5.08. The number of ether oxygens (including phenoxy) is 1. The second-order valence-electron chi connectivity index (χ2n) is 7.48. The second-order valence-corrected chi connectivity index (χ2v) is 7.48. The number of methoxy groups -OCH3 is 1. The van der Waals surface area contributed by atoms with Crippen molar-refractivity contribution >= 4 is 0 Å². The molecule has 0 amide bonds. The summed E-state index contributed by atoms with van der Waals surface area (Å²) in [7, 11) is 4.11. The monoisotopic (exact) mass is 321 g/mol. The van der Waals surface area contributed by atoms with E-state index < -0.39 is 0 Å². The maximum Gasteiger partial charge on any atom is 0.122 e. The minimum absolute atomic E-state index is 0.649. The number of nitrogens with zero attached hydrogens (tertiary/aromatic N) is 1. The molecule has 4 rings (SSSR count). The third kappa shape index (κ3) is 2.53. The van der Waals surface area contributed by atoms with Crippen molar-refractivity contribution in [1.82, 2.24) is 4.90 Å². The first-order valence-corrected chi connectivity index (χ1v) is 9.09. The van der Waals surface area contributed by atoms with Crippen LogP contribution in [0.5, 0.6) is 5.75 Å². The van der Waals surface area contributed by atoms with Crippen LogP contribution in [0.2, 0.25) is 0 Å². The quantitative estimate of drug-likeness (QED) is 0.840. The molecule has 1 saturated heterocycles. The van der Waals surface area contributed by atoms with Gasteiger partial charge in [0.25, 0.3) is 0 Å². The Morgan fingerprint density at radius 3 is 2.67 bits per heavy atom. The van der Waals surface area contributed by atoms with Crippen molar-refractivity contribution in [2.75, 3.05) is 20.7 Å². The van der Waals surface area contributed by atoms with Gasteiger partial charge in [0.15, 0.2) is 0 Å². The first-order valence-electron chi connectivity index (χ1n) is 9.09. The summed E-state index contributed by atoms with van der Waals surface area (Å²) in [5.41, 5.74) is 5.94. The van der Waals surface area contributed by atoms with Gasteiger partial charge in [0.1, 0.15) is 5.75 Å². The second kappa shape index (κ2) is 6.25. The van der Waals surface area contributed by atoms with Gasteiger partial charge in [-0.25, -0.2) is 0 Å². The number of fused-ring (bicyclic) bond motifs is 3. The van der Waals surface area contributed by atoms with Crippen LogP contribution in [-0.4, -0.2) is 31.6 Å². The molecule has 2 aromatic carbocycles. The Balaban J connectivity index is 1.67. The fourth-order valence-electron chi connectivity index (χ4n) is 5.08. The van der Waals surface area contributed by atoms with E-state index in [4.69, 9.17) is 4.74 Å². The molecule has 2 aromatic rings. The third-order valence-corrected chi connectivity index (χ3v) is 6.20. The lowest BCUT2D eigenvalue weighted by Gasteiger charge is -2.33. The van der Waals surface area contributed by atoms with Crippen LogP contribution in [0.4, 0.5) is 0 Å². The normalized spacial score (nSPS) is 26.0. The molecule has 24 heavy (non-hydrogen) atoms. The average molecular weight is 321 g/mol.